The topological polar surface area (TPSA) is 68.8 Å². The second kappa shape index (κ2) is 11.7. The zero-order valence-corrected chi connectivity index (χ0v) is 18.0. The Labute approximate surface area is 174 Å². The van der Waals surface area contributed by atoms with E-state index in [1.54, 1.807) is 7.05 Å². The summed E-state index contributed by atoms with van der Waals surface area (Å²) in [7, 11) is 5.73. The summed E-state index contributed by atoms with van der Waals surface area (Å²) in [5, 5.41) is 9.32. The van der Waals surface area contributed by atoms with Crippen LogP contribution in [0, 0.1) is 0 Å². The van der Waals surface area contributed by atoms with Crippen LogP contribution in [0.2, 0.25) is 0 Å². The fourth-order valence-electron chi connectivity index (χ4n) is 2.94. The predicted molar refractivity (Wildman–Crippen MR) is 122 cm³/mol. The molecule has 0 radical (unpaired) electrons. The zero-order valence-electron chi connectivity index (χ0n) is 18.0. The molecule has 0 unspecified atom stereocenters. The minimum Gasteiger partial charge on any atom is -0.378 e. The first-order valence-electron chi connectivity index (χ1n) is 10.1. The summed E-state index contributed by atoms with van der Waals surface area (Å²) in [6, 6.07) is 16.3. The lowest BCUT2D eigenvalue weighted by Gasteiger charge is -2.13. The number of hydrogen-bond acceptors (Lipinski definition) is 3. The number of guanidine groups is 1. The molecule has 156 valence electrons. The van der Waals surface area contributed by atoms with Gasteiger partial charge in [0.25, 0.3) is 5.91 Å². The maximum atomic E-state index is 11.8. The monoisotopic (exact) mass is 395 g/mol. The van der Waals surface area contributed by atoms with Crippen LogP contribution in [0.3, 0.4) is 0 Å². The van der Waals surface area contributed by atoms with Crippen molar-refractivity contribution in [1.29, 1.82) is 0 Å². The van der Waals surface area contributed by atoms with Gasteiger partial charge in [0.1, 0.15) is 0 Å². The fourth-order valence-corrected chi connectivity index (χ4v) is 2.94. The number of nitrogens with one attached hydrogen (secondary N) is 3. The van der Waals surface area contributed by atoms with Gasteiger partial charge in [0.05, 0.1) is 0 Å². The molecule has 0 aliphatic rings. The second-order valence-corrected chi connectivity index (χ2v) is 7.03. The van der Waals surface area contributed by atoms with Crippen LogP contribution < -0.4 is 20.9 Å². The molecule has 6 nitrogen and oxygen atoms in total. The third-order valence-electron chi connectivity index (χ3n) is 4.59. The Morgan fingerprint density at radius 2 is 1.76 bits per heavy atom. The van der Waals surface area contributed by atoms with Gasteiger partial charge >= 0.3 is 0 Å². The highest BCUT2D eigenvalue weighted by molar-refractivity contribution is 5.94. The lowest BCUT2D eigenvalue weighted by atomic mass is 10.1. The van der Waals surface area contributed by atoms with E-state index >= 15 is 0 Å². The highest BCUT2D eigenvalue weighted by Gasteiger charge is 2.04. The van der Waals surface area contributed by atoms with Crippen LogP contribution in [0.5, 0.6) is 0 Å². The normalized spacial score (nSPS) is 11.1. The van der Waals surface area contributed by atoms with Crippen molar-refractivity contribution in [2.45, 2.75) is 19.8 Å². The Morgan fingerprint density at radius 3 is 2.41 bits per heavy atom. The van der Waals surface area contributed by atoms with Crippen LogP contribution in [0.25, 0.3) is 0 Å². The van der Waals surface area contributed by atoms with Gasteiger partial charge in [-0.2, -0.15) is 0 Å². The number of aliphatic imine (C=N–C) groups is 1. The van der Waals surface area contributed by atoms with Gasteiger partial charge in [-0.3, -0.25) is 9.79 Å². The van der Waals surface area contributed by atoms with E-state index in [1.165, 1.54) is 11.3 Å². The molecule has 0 bridgehead atoms. The molecular weight excluding hydrogens is 362 g/mol. The number of rotatable bonds is 9. The third kappa shape index (κ3) is 7.49. The first-order chi connectivity index (χ1) is 14.0. The summed E-state index contributed by atoms with van der Waals surface area (Å²) in [6.45, 7) is 4.35. The van der Waals surface area contributed by atoms with Crippen molar-refractivity contribution in [3.05, 3.63) is 65.2 Å². The SMILES string of the molecule is CCNC(=NCCc1ccc(N(C)C)cc1)NCCc1cccc(C(=O)NC)c1. The predicted octanol–water partition coefficient (Wildman–Crippen LogP) is 2.45. The Morgan fingerprint density at radius 1 is 1.00 bits per heavy atom. The molecule has 2 aromatic rings. The molecule has 0 aliphatic heterocycles. The van der Waals surface area contributed by atoms with Crippen molar-refractivity contribution in [2.24, 2.45) is 4.99 Å². The lowest BCUT2D eigenvalue weighted by Crippen LogP contribution is -2.38. The summed E-state index contributed by atoms with van der Waals surface area (Å²) < 4.78 is 0. The summed E-state index contributed by atoms with van der Waals surface area (Å²) in [4.78, 5) is 18.5. The molecule has 0 heterocycles. The van der Waals surface area contributed by atoms with Crippen LogP contribution in [-0.4, -0.2) is 52.6 Å². The number of carbonyl (C=O) groups excluding carboxylic acids is 1. The minimum absolute atomic E-state index is 0.0617. The first-order valence-corrected chi connectivity index (χ1v) is 10.1. The van der Waals surface area contributed by atoms with Gasteiger partial charge in [0.15, 0.2) is 5.96 Å². The number of nitrogens with zero attached hydrogens (tertiary/aromatic N) is 2. The number of anilines is 1. The Hall–Kier alpha value is -3.02. The molecule has 2 aromatic carbocycles. The molecule has 0 aliphatic carbocycles. The van der Waals surface area contributed by atoms with Gasteiger partial charge in [-0.05, 0) is 55.2 Å². The lowest BCUT2D eigenvalue weighted by molar-refractivity contribution is 0.0963. The molecule has 2 rings (SSSR count). The van der Waals surface area contributed by atoms with Gasteiger partial charge in [-0.1, -0.05) is 24.3 Å². The van der Waals surface area contributed by atoms with Gasteiger partial charge in [0.2, 0.25) is 0 Å². The van der Waals surface area contributed by atoms with Gasteiger partial charge < -0.3 is 20.9 Å². The van der Waals surface area contributed by atoms with Crippen molar-refractivity contribution in [3.8, 4) is 0 Å². The summed E-state index contributed by atoms with van der Waals surface area (Å²) in [5.41, 5.74) is 4.29. The summed E-state index contributed by atoms with van der Waals surface area (Å²) in [6.07, 6.45) is 1.72. The zero-order chi connectivity index (χ0) is 21.1. The molecule has 6 heteroatoms. The third-order valence-corrected chi connectivity index (χ3v) is 4.59. The van der Waals surface area contributed by atoms with E-state index in [4.69, 9.17) is 0 Å². The van der Waals surface area contributed by atoms with Crippen LogP contribution in [0.1, 0.15) is 28.4 Å². The smallest absolute Gasteiger partial charge is 0.251 e. The van der Waals surface area contributed by atoms with E-state index in [1.807, 2.05) is 38.4 Å². The molecule has 0 saturated heterocycles. The molecule has 1 amide bonds. The maximum Gasteiger partial charge on any atom is 0.251 e. The highest BCUT2D eigenvalue weighted by atomic mass is 16.1. The standard InChI is InChI=1S/C23H33N5O/c1-5-25-23(26-15-13-18-9-11-21(12-10-18)28(3)4)27-16-14-19-7-6-8-20(17-19)22(29)24-2/h6-12,17H,5,13-16H2,1-4H3,(H,24,29)(H2,25,26,27). The molecule has 0 fully saturated rings. The van der Waals surface area contributed by atoms with Crippen molar-refractivity contribution in [1.82, 2.24) is 16.0 Å². The van der Waals surface area contributed by atoms with E-state index in [-0.39, 0.29) is 5.91 Å². The van der Waals surface area contributed by atoms with Crippen molar-refractivity contribution in [3.63, 3.8) is 0 Å². The average Bonchev–Trinajstić information content (AvgIpc) is 2.73. The number of amides is 1. The van der Waals surface area contributed by atoms with Gasteiger partial charge in [-0.15, -0.1) is 0 Å². The summed E-state index contributed by atoms with van der Waals surface area (Å²) >= 11 is 0. The second-order valence-electron chi connectivity index (χ2n) is 7.03. The number of benzene rings is 2. The maximum absolute atomic E-state index is 11.8. The molecule has 0 aromatic heterocycles. The molecule has 3 N–H and O–H groups in total. The van der Waals surface area contributed by atoms with Crippen molar-refractivity contribution < 1.29 is 4.79 Å². The molecular formula is C23H33N5O. The Balaban J connectivity index is 1.85. The average molecular weight is 396 g/mol. The van der Waals surface area contributed by atoms with E-state index in [0.29, 0.717) is 5.56 Å². The van der Waals surface area contributed by atoms with E-state index in [0.717, 1.165) is 44.0 Å². The Kier molecular flexibility index (Phi) is 9.02. The molecule has 0 spiro atoms. The molecule has 29 heavy (non-hydrogen) atoms. The van der Waals surface area contributed by atoms with Crippen LogP contribution in [0.15, 0.2) is 53.5 Å². The minimum atomic E-state index is -0.0617. The summed E-state index contributed by atoms with van der Waals surface area (Å²) in [5.74, 6) is 0.758. The molecule has 0 saturated carbocycles. The van der Waals surface area contributed by atoms with Crippen LogP contribution in [0.4, 0.5) is 5.69 Å². The quantitative estimate of drug-likeness (QED) is 0.451. The van der Waals surface area contributed by atoms with Crippen molar-refractivity contribution in [2.75, 3.05) is 45.7 Å². The number of hydrogen-bond donors (Lipinski definition) is 3. The van der Waals surface area contributed by atoms with Gasteiger partial charge in [0, 0.05) is 52.0 Å². The Bertz CT molecular complexity index is 799. The number of carbonyl (C=O) groups is 1. The molecule has 0 atom stereocenters. The highest BCUT2D eigenvalue weighted by Crippen LogP contribution is 2.12. The first kappa shape index (κ1) is 22.3. The van der Waals surface area contributed by atoms with Crippen LogP contribution in [-0.2, 0) is 12.8 Å². The largest absolute Gasteiger partial charge is 0.378 e. The van der Waals surface area contributed by atoms with E-state index in [2.05, 4.69) is 57.0 Å². The van der Waals surface area contributed by atoms with E-state index in [9.17, 15) is 4.79 Å². The van der Waals surface area contributed by atoms with Crippen molar-refractivity contribution >= 4 is 17.6 Å². The van der Waals surface area contributed by atoms with E-state index < -0.39 is 0 Å². The van der Waals surface area contributed by atoms with Gasteiger partial charge in [-0.25, -0.2) is 0 Å². The fraction of sp³-hybridized carbons (Fsp3) is 0.391. The van der Waals surface area contributed by atoms with Crippen LogP contribution >= 0.6 is 0 Å².